The van der Waals surface area contributed by atoms with Gasteiger partial charge < -0.3 is 5.11 Å². The molecule has 0 bridgehead atoms. The van der Waals surface area contributed by atoms with Gasteiger partial charge in [0, 0.05) is 0 Å². The van der Waals surface area contributed by atoms with Gasteiger partial charge in [-0.1, -0.05) is 19.9 Å². The Kier molecular flexibility index (Phi) is 4.89. The molecule has 1 aromatic carbocycles. The van der Waals surface area contributed by atoms with Crippen molar-refractivity contribution in [3.8, 4) is 0 Å². The molecule has 104 valence electrons. The maximum Gasteiger partial charge on any atom is 0.335 e. The van der Waals surface area contributed by atoms with Gasteiger partial charge in [0.25, 0.3) is 0 Å². The number of sulfone groups is 1. The summed E-state index contributed by atoms with van der Waals surface area (Å²) in [5, 5.41) is 8.14. The predicted molar refractivity (Wildman–Crippen MR) is 74.0 cm³/mol. The standard InChI is InChI=1S/C14H18O4S/c1-4-12(9-10(2)3)19(17,18)13-7-5-11(6-8-13)14(15)16/h4-8,10,12H,1,9H2,2-3H3,(H,15,16). The average Bonchev–Trinajstić information content (AvgIpc) is 2.35. The van der Waals surface area contributed by atoms with E-state index in [1.807, 2.05) is 13.8 Å². The van der Waals surface area contributed by atoms with Crippen LogP contribution in [0.4, 0.5) is 0 Å². The summed E-state index contributed by atoms with van der Waals surface area (Å²) in [6.45, 7) is 7.47. The van der Waals surface area contributed by atoms with E-state index >= 15 is 0 Å². The highest BCUT2D eigenvalue weighted by molar-refractivity contribution is 7.92. The van der Waals surface area contributed by atoms with Gasteiger partial charge in [-0.2, -0.15) is 0 Å². The molecule has 0 radical (unpaired) electrons. The monoisotopic (exact) mass is 282 g/mol. The second-order valence-electron chi connectivity index (χ2n) is 4.78. The zero-order valence-corrected chi connectivity index (χ0v) is 11.9. The van der Waals surface area contributed by atoms with E-state index in [9.17, 15) is 13.2 Å². The molecular formula is C14H18O4S. The van der Waals surface area contributed by atoms with Gasteiger partial charge in [0.2, 0.25) is 0 Å². The highest BCUT2D eigenvalue weighted by Crippen LogP contribution is 2.22. The van der Waals surface area contributed by atoms with Crippen LogP contribution in [-0.4, -0.2) is 24.7 Å². The summed E-state index contributed by atoms with van der Waals surface area (Å²) in [6, 6.07) is 5.25. The first kappa shape index (κ1) is 15.4. The molecule has 1 unspecified atom stereocenters. The van der Waals surface area contributed by atoms with Gasteiger partial charge in [-0.25, -0.2) is 13.2 Å². The van der Waals surface area contributed by atoms with Crippen molar-refractivity contribution in [2.45, 2.75) is 30.4 Å². The van der Waals surface area contributed by atoms with E-state index in [1.165, 1.54) is 30.3 Å². The van der Waals surface area contributed by atoms with Crippen LogP contribution in [0, 0.1) is 5.92 Å². The molecule has 0 aliphatic rings. The van der Waals surface area contributed by atoms with Crippen molar-refractivity contribution in [2.24, 2.45) is 5.92 Å². The van der Waals surface area contributed by atoms with E-state index in [-0.39, 0.29) is 16.4 Å². The lowest BCUT2D eigenvalue weighted by molar-refractivity contribution is 0.0697. The average molecular weight is 282 g/mol. The van der Waals surface area contributed by atoms with Gasteiger partial charge in [0.05, 0.1) is 15.7 Å². The Morgan fingerprint density at radius 3 is 2.21 bits per heavy atom. The van der Waals surface area contributed by atoms with Gasteiger partial charge in [-0.3, -0.25) is 0 Å². The molecule has 5 heteroatoms. The minimum Gasteiger partial charge on any atom is -0.478 e. The van der Waals surface area contributed by atoms with Crippen molar-refractivity contribution >= 4 is 15.8 Å². The SMILES string of the molecule is C=CC(CC(C)C)S(=O)(=O)c1ccc(C(=O)O)cc1. The van der Waals surface area contributed by atoms with Gasteiger partial charge >= 0.3 is 5.97 Å². The fraction of sp³-hybridized carbons (Fsp3) is 0.357. The quantitative estimate of drug-likeness (QED) is 0.814. The normalized spacial score (nSPS) is 13.2. The lowest BCUT2D eigenvalue weighted by atomic mass is 10.1. The highest BCUT2D eigenvalue weighted by Gasteiger charge is 2.25. The van der Waals surface area contributed by atoms with Crippen molar-refractivity contribution in [1.29, 1.82) is 0 Å². The molecule has 0 fully saturated rings. The molecule has 19 heavy (non-hydrogen) atoms. The summed E-state index contributed by atoms with van der Waals surface area (Å²) >= 11 is 0. The molecule has 0 spiro atoms. The summed E-state index contributed by atoms with van der Waals surface area (Å²) in [7, 11) is -3.50. The van der Waals surface area contributed by atoms with Gasteiger partial charge in [0.1, 0.15) is 0 Å². The van der Waals surface area contributed by atoms with E-state index in [2.05, 4.69) is 6.58 Å². The topological polar surface area (TPSA) is 71.4 Å². The van der Waals surface area contributed by atoms with Gasteiger partial charge in [0.15, 0.2) is 9.84 Å². The van der Waals surface area contributed by atoms with Crippen LogP contribution < -0.4 is 0 Å². The third kappa shape index (κ3) is 3.67. The zero-order valence-electron chi connectivity index (χ0n) is 11.0. The lowest BCUT2D eigenvalue weighted by Crippen LogP contribution is -2.21. The Balaban J connectivity index is 3.11. The van der Waals surface area contributed by atoms with Crippen LogP contribution >= 0.6 is 0 Å². The predicted octanol–water partition coefficient (Wildman–Crippen LogP) is 2.76. The maximum absolute atomic E-state index is 12.4. The number of carboxylic acid groups (broad SMARTS) is 1. The molecule has 0 aliphatic heterocycles. The second kappa shape index (κ2) is 6.02. The number of rotatable bonds is 6. The van der Waals surface area contributed by atoms with Crippen molar-refractivity contribution in [1.82, 2.24) is 0 Å². The minimum atomic E-state index is -3.50. The fourth-order valence-electron chi connectivity index (χ4n) is 1.78. The van der Waals surface area contributed by atoms with Crippen LogP contribution in [-0.2, 0) is 9.84 Å². The largest absolute Gasteiger partial charge is 0.478 e. The minimum absolute atomic E-state index is 0.0676. The number of carboxylic acids is 1. The van der Waals surface area contributed by atoms with Crippen LogP contribution in [0.15, 0.2) is 41.8 Å². The molecule has 4 nitrogen and oxygen atoms in total. The van der Waals surface area contributed by atoms with E-state index in [1.54, 1.807) is 0 Å². The van der Waals surface area contributed by atoms with Crippen LogP contribution in [0.25, 0.3) is 0 Å². The number of aromatic carboxylic acids is 1. The van der Waals surface area contributed by atoms with E-state index < -0.39 is 21.1 Å². The van der Waals surface area contributed by atoms with Crippen molar-refractivity contribution in [2.75, 3.05) is 0 Å². The first-order valence-electron chi connectivity index (χ1n) is 5.99. The van der Waals surface area contributed by atoms with Crippen LogP contribution in [0.3, 0.4) is 0 Å². The maximum atomic E-state index is 12.4. The van der Waals surface area contributed by atoms with Crippen LogP contribution in [0.5, 0.6) is 0 Å². The van der Waals surface area contributed by atoms with Crippen LogP contribution in [0.2, 0.25) is 0 Å². The van der Waals surface area contributed by atoms with Crippen molar-refractivity contribution in [3.05, 3.63) is 42.5 Å². The number of hydrogen-bond donors (Lipinski definition) is 1. The zero-order chi connectivity index (χ0) is 14.6. The molecule has 1 rings (SSSR count). The highest BCUT2D eigenvalue weighted by atomic mass is 32.2. The Morgan fingerprint density at radius 2 is 1.84 bits per heavy atom. The number of benzene rings is 1. The lowest BCUT2D eigenvalue weighted by Gasteiger charge is -2.16. The molecule has 0 aliphatic carbocycles. The first-order valence-corrected chi connectivity index (χ1v) is 7.53. The molecule has 0 saturated heterocycles. The Bertz CT molecular complexity index is 556. The molecule has 0 heterocycles. The number of hydrogen-bond acceptors (Lipinski definition) is 3. The molecule has 0 saturated carbocycles. The molecule has 0 amide bonds. The van der Waals surface area contributed by atoms with Gasteiger partial charge in [-0.15, -0.1) is 6.58 Å². The summed E-state index contributed by atoms with van der Waals surface area (Å²) in [5.74, 6) is -0.845. The summed E-state index contributed by atoms with van der Waals surface area (Å²) in [4.78, 5) is 10.9. The first-order chi connectivity index (χ1) is 8.78. The second-order valence-corrected chi connectivity index (χ2v) is 6.95. The molecule has 1 aromatic rings. The summed E-state index contributed by atoms with van der Waals surface area (Å²) in [5.41, 5.74) is 0.0676. The third-order valence-electron chi connectivity index (χ3n) is 2.79. The smallest absolute Gasteiger partial charge is 0.335 e. The fourth-order valence-corrected chi connectivity index (χ4v) is 3.53. The van der Waals surface area contributed by atoms with Crippen LogP contribution in [0.1, 0.15) is 30.6 Å². The molecule has 1 atom stereocenters. The molecular weight excluding hydrogens is 264 g/mol. The summed E-state index contributed by atoms with van der Waals surface area (Å²) in [6.07, 6.45) is 1.92. The van der Waals surface area contributed by atoms with Crippen molar-refractivity contribution in [3.63, 3.8) is 0 Å². The Hall–Kier alpha value is -1.62. The third-order valence-corrected chi connectivity index (χ3v) is 4.91. The van der Waals surface area contributed by atoms with Crippen molar-refractivity contribution < 1.29 is 18.3 Å². The van der Waals surface area contributed by atoms with E-state index in [0.717, 1.165) is 0 Å². The summed E-state index contributed by atoms with van der Waals surface area (Å²) < 4.78 is 24.7. The van der Waals surface area contributed by atoms with E-state index in [4.69, 9.17) is 5.11 Å². The Morgan fingerprint density at radius 1 is 1.32 bits per heavy atom. The molecule has 1 N–H and O–H groups in total. The Labute approximate surface area is 113 Å². The number of carbonyl (C=O) groups is 1. The molecule has 0 aromatic heterocycles. The van der Waals surface area contributed by atoms with Gasteiger partial charge in [-0.05, 0) is 36.6 Å². The van der Waals surface area contributed by atoms with E-state index in [0.29, 0.717) is 6.42 Å².